The maximum absolute atomic E-state index is 11.8. The molecule has 2 aromatic rings. The first-order chi connectivity index (χ1) is 9.37. The van der Waals surface area contributed by atoms with Gasteiger partial charge in [0.15, 0.2) is 0 Å². The second kappa shape index (κ2) is 4.55. The van der Waals surface area contributed by atoms with Crippen molar-refractivity contribution in [1.82, 2.24) is 4.98 Å². The van der Waals surface area contributed by atoms with E-state index in [1.54, 1.807) is 0 Å². The van der Waals surface area contributed by atoms with Crippen LogP contribution < -0.4 is 0 Å². The summed E-state index contributed by atoms with van der Waals surface area (Å²) in [6.45, 7) is 4.37. The van der Waals surface area contributed by atoms with Gasteiger partial charge in [-0.3, -0.25) is 4.98 Å². The molecular formula is C16H16BrNO2. The summed E-state index contributed by atoms with van der Waals surface area (Å²) < 4.78 is 0.879. The van der Waals surface area contributed by atoms with Crippen molar-refractivity contribution >= 4 is 32.8 Å². The molecule has 0 atom stereocenters. The van der Waals surface area contributed by atoms with Crippen LogP contribution >= 0.6 is 15.9 Å². The van der Waals surface area contributed by atoms with Crippen molar-refractivity contribution in [2.24, 2.45) is 5.41 Å². The molecule has 1 aromatic carbocycles. The summed E-state index contributed by atoms with van der Waals surface area (Å²) in [5.74, 6) is -0.857. The third-order valence-corrected chi connectivity index (χ3v) is 4.53. The number of aryl methyl sites for hydroxylation is 1. The molecule has 1 N–H and O–H groups in total. The minimum absolute atomic E-state index is 0.137. The molecule has 1 aliphatic carbocycles. The quantitative estimate of drug-likeness (QED) is 0.850. The van der Waals surface area contributed by atoms with Gasteiger partial charge >= 0.3 is 5.97 Å². The van der Waals surface area contributed by atoms with E-state index < -0.39 is 5.97 Å². The molecule has 4 heteroatoms. The number of aromatic carboxylic acids is 1. The number of hydrogen-bond donors (Lipinski definition) is 1. The standard InChI is InChI=1S/C16H16BrNO2/c1-16(2)6-5-13-11(8-16)14(15(19)20)10-7-9(17)3-4-12(10)18-13/h3-4,7H,5-6,8H2,1-2H3,(H,19,20). The number of rotatable bonds is 1. The first kappa shape index (κ1) is 13.6. The van der Waals surface area contributed by atoms with E-state index in [2.05, 4.69) is 34.8 Å². The summed E-state index contributed by atoms with van der Waals surface area (Å²) >= 11 is 3.41. The van der Waals surface area contributed by atoms with Crippen molar-refractivity contribution in [3.63, 3.8) is 0 Å². The predicted octanol–water partition coefficient (Wildman–Crippen LogP) is 4.21. The van der Waals surface area contributed by atoms with E-state index in [1.807, 2.05) is 18.2 Å². The molecule has 0 fully saturated rings. The van der Waals surface area contributed by atoms with Crippen LogP contribution in [0.2, 0.25) is 0 Å². The van der Waals surface area contributed by atoms with E-state index in [-0.39, 0.29) is 5.41 Å². The summed E-state index contributed by atoms with van der Waals surface area (Å²) in [6, 6.07) is 5.64. The maximum Gasteiger partial charge on any atom is 0.336 e. The van der Waals surface area contributed by atoms with Crippen LogP contribution in [0.1, 0.15) is 41.9 Å². The molecule has 0 radical (unpaired) electrons. The van der Waals surface area contributed by atoms with E-state index in [0.717, 1.165) is 45.9 Å². The van der Waals surface area contributed by atoms with Gasteiger partial charge in [0.1, 0.15) is 0 Å². The third-order valence-electron chi connectivity index (χ3n) is 4.04. The fourth-order valence-electron chi connectivity index (χ4n) is 2.99. The molecule has 104 valence electrons. The Morgan fingerprint density at radius 1 is 1.40 bits per heavy atom. The molecule has 0 saturated carbocycles. The molecule has 3 nitrogen and oxygen atoms in total. The van der Waals surface area contributed by atoms with Gasteiger partial charge < -0.3 is 5.11 Å². The normalized spacial score (nSPS) is 16.9. The lowest BCUT2D eigenvalue weighted by atomic mass is 9.74. The number of carbonyl (C=O) groups is 1. The van der Waals surface area contributed by atoms with Crippen LogP contribution in [0.25, 0.3) is 10.9 Å². The highest BCUT2D eigenvalue weighted by Gasteiger charge is 2.30. The predicted molar refractivity (Wildman–Crippen MR) is 82.2 cm³/mol. The molecule has 1 aromatic heterocycles. The molecule has 0 amide bonds. The van der Waals surface area contributed by atoms with Crippen molar-refractivity contribution in [2.75, 3.05) is 0 Å². The summed E-state index contributed by atoms with van der Waals surface area (Å²) in [5.41, 5.74) is 3.21. The molecule has 0 unspecified atom stereocenters. The molecule has 3 rings (SSSR count). The zero-order valence-electron chi connectivity index (χ0n) is 11.5. The maximum atomic E-state index is 11.8. The van der Waals surface area contributed by atoms with Crippen LogP contribution in [-0.2, 0) is 12.8 Å². The molecule has 1 aliphatic rings. The number of hydrogen-bond acceptors (Lipinski definition) is 2. The Hall–Kier alpha value is -1.42. The Morgan fingerprint density at radius 3 is 2.85 bits per heavy atom. The minimum Gasteiger partial charge on any atom is -0.478 e. The van der Waals surface area contributed by atoms with Crippen LogP contribution in [0.3, 0.4) is 0 Å². The monoisotopic (exact) mass is 333 g/mol. The molecule has 20 heavy (non-hydrogen) atoms. The van der Waals surface area contributed by atoms with Gasteiger partial charge in [-0.1, -0.05) is 29.8 Å². The average molecular weight is 334 g/mol. The summed E-state index contributed by atoms with van der Waals surface area (Å²) in [7, 11) is 0. The number of fused-ring (bicyclic) bond motifs is 2. The summed E-state index contributed by atoms with van der Waals surface area (Å²) in [6.07, 6.45) is 2.68. The lowest BCUT2D eigenvalue weighted by molar-refractivity contribution is 0.0696. The molecule has 1 heterocycles. The Labute approximate surface area is 126 Å². The van der Waals surface area contributed by atoms with E-state index in [1.165, 1.54) is 0 Å². The number of benzene rings is 1. The van der Waals surface area contributed by atoms with Crippen molar-refractivity contribution in [1.29, 1.82) is 0 Å². The van der Waals surface area contributed by atoms with Crippen molar-refractivity contribution in [2.45, 2.75) is 33.1 Å². The Kier molecular flexibility index (Phi) is 3.09. The molecule has 0 bridgehead atoms. The highest BCUT2D eigenvalue weighted by Crippen LogP contribution is 2.38. The average Bonchev–Trinajstić information content (AvgIpc) is 2.35. The highest BCUT2D eigenvalue weighted by molar-refractivity contribution is 9.10. The SMILES string of the molecule is CC1(C)CCc2nc3ccc(Br)cc3c(C(=O)O)c2C1. The van der Waals surface area contributed by atoms with Crippen molar-refractivity contribution < 1.29 is 9.90 Å². The van der Waals surface area contributed by atoms with Crippen molar-refractivity contribution in [3.05, 3.63) is 39.5 Å². The molecule has 0 spiro atoms. The fraction of sp³-hybridized carbons (Fsp3) is 0.375. The molecule has 0 aliphatic heterocycles. The number of carboxylic acid groups (broad SMARTS) is 1. The van der Waals surface area contributed by atoms with E-state index in [4.69, 9.17) is 0 Å². The number of pyridine rings is 1. The van der Waals surface area contributed by atoms with Gasteiger partial charge in [-0.25, -0.2) is 4.79 Å². The first-order valence-electron chi connectivity index (χ1n) is 6.72. The third kappa shape index (κ3) is 2.22. The second-order valence-electron chi connectivity index (χ2n) is 6.22. The molecule has 0 saturated heterocycles. The Balaban J connectivity index is 2.36. The van der Waals surface area contributed by atoms with E-state index >= 15 is 0 Å². The van der Waals surface area contributed by atoms with E-state index in [0.29, 0.717) is 5.56 Å². The van der Waals surface area contributed by atoms with Gasteiger partial charge in [-0.2, -0.15) is 0 Å². The lowest BCUT2D eigenvalue weighted by Gasteiger charge is -2.31. The fourth-order valence-corrected chi connectivity index (χ4v) is 3.35. The zero-order valence-corrected chi connectivity index (χ0v) is 13.1. The van der Waals surface area contributed by atoms with Gasteiger partial charge in [0.05, 0.1) is 11.1 Å². The van der Waals surface area contributed by atoms with Gasteiger partial charge in [0.25, 0.3) is 0 Å². The van der Waals surface area contributed by atoms with Crippen LogP contribution in [0.4, 0.5) is 0 Å². The van der Waals surface area contributed by atoms with Crippen molar-refractivity contribution in [3.8, 4) is 0 Å². The Bertz CT molecular complexity index is 722. The zero-order chi connectivity index (χ0) is 14.5. The minimum atomic E-state index is -0.857. The molecular weight excluding hydrogens is 318 g/mol. The van der Waals surface area contributed by atoms with Crippen LogP contribution in [-0.4, -0.2) is 16.1 Å². The van der Waals surface area contributed by atoms with E-state index in [9.17, 15) is 9.90 Å². The van der Waals surface area contributed by atoms with Crippen LogP contribution in [0.5, 0.6) is 0 Å². The second-order valence-corrected chi connectivity index (χ2v) is 7.14. The van der Waals surface area contributed by atoms with Crippen LogP contribution in [0, 0.1) is 5.41 Å². The highest BCUT2D eigenvalue weighted by atomic mass is 79.9. The van der Waals surface area contributed by atoms with Gasteiger partial charge in [-0.15, -0.1) is 0 Å². The smallest absolute Gasteiger partial charge is 0.336 e. The van der Waals surface area contributed by atoms with Crippen LogP contribution in [0.15, 0.2) is 22.7 Å². The lowest BCUT2D eigenvalue weighted by Crippen LogP contribution is -2.25. The summed E-state index contributed by atoms with van der Waals surface area (Å²) in [4.78, 5) is 16.4. The largest absolute Gasteiger partial charge is 0.478 e. The van der Waals surface area contributed by atoms with Gasteiger partial charge in [0.2, 0.25) is 0 Å². The van der Waals surface area contributed by atoms with Gasteiger partial charge in [-0.05, 0) is 48.4 Å². The number of halogens is 1. The number of aromatic nitrogens is 1. The number of carboxylic acids is 1. The first-order valence-corrected chi connectivity index (χ1v) is 7.51. The van der Waals surface area contributed by atoms with Gasteiger partial charge in [0, 0.05) is 15.6 Å². The summed E-state index contributed by atoms with van der Waals surface area (Å²) in [5, 5.41) is 10.4. The Morgan fingerprint density at radius 2 is 2.15 bits per heavy atom. The number of nitrogens with zero attached hydrogens (tertiary/aromatic N) is 1. The topological polar surface area (TPSA) is 50.2 Å².